The van der Waals surface area contributed by atoms with Crippen LogP contribution in [0.4, 0.5) is 22.7 Å². The van der Waals surface area contributed by atoms with Gasteiger partial charge in [-0.05, 0) is 24.1 Å². The van der Waals surface area contributed by atoms with Gasteiger partial charge in [-0.2, -0.15) is 0 Å². The molecule has 0 saturated heterocycles. The average molecular weight is 287 g/mol. The predicted molar refractivity (Wildman–Crippen MR) is 82.8 cm³/mol. The van der Waals surface area contributed by atoms with Crippen molar-refractivity contribution in [1.29, 1.82) is 0 Å². The number of nitrogens with zero attached hydrogens (tertiary/aromatic N) is 1. The number of hydrogen-bond donors (Lipinski definition) is 2. The molecule has 0 spiro atoms. The second-order valence-corrected chi connectivity index (χ2v) is 4.60. The summed E-state index contributed by atoms with van der Waals surface area (Å²) in [5, 5.41) is 14.0. The Hall–Kier alpha value is -2.60. The third-order valence-corrected chi connectivity index (χ3v) is 3.02. The van der Waals surface area contributed by atoms with E-state index in [1.807, 2.05) is 24.3 Å². The van der Waals surface area contributed by atoms with Crippen molar-refractivity contribution in [2.75, 3.05) is 24.8 Å². The number of non-ortho nitro benzene ring substituents is 1. The maximum atomic E-state index is 10.9. The van der Waals surface area contributed by atoms with Gasteiger partial charge in [-0.3, -0.25) is 10.1 Å². The van der Waals surface area contributed by atoms with E-state index in [0.29, 0.717) is 18.0 Å². The number of ether oxygens (including phenoxy) is 1. The fourth-order valence-corrected chi connectivity index (χ4v) is 2.04. The Kier molecular flexibility index (Phi) is 4.73. The molecule has 0 aromatic heterocycles. The van der Waals surface area contributed by atoms with E-state index in [-0.39, 0.29) is 5.69 Å². The van der Waals surface area contributed by atoms with Crippen molar-refractivity contribution in [2.45, 2.75) is 6.42 Å². The molecule has 0 fully saturated rings. The minimum absolute atomic E-state index is 0.0353. The summed E-state index contributed by atoms with van der Waals surface area (Å²) in [5.41, 5.74) is 8.56. The summed E-state index contributed by atoms with van der Waals surface area (Å²) < 4.78 is 5.08. The lowest BCUT2D eigenvalue weighted by molar-refractivity contribution is -0.384. The number of nitrogen functional groups attached to an aromatic ring is 1. The molecule has 3 N–H and O–H groups in total. The van der Waals surface area contributed by atoms with Gasteiger partial charge in [-0.15, -0.1) is 0 Å². The number of methoxy groups -OCH3 is 1. The van der Waals surface area contributed by atoms with Crippen LogP contribution in [0, 0.1) is 10.1 Å². The molecule has 0 aliphatic rings. The van der Waals surface area contributed by atoms with Gasteiger partial charge in [0.15, 0.2) is 0 Å². The Labute approximate surface area is 122 Å². The number of rotatable bonds is 6. The maximum absolute atomic E-state index is 10.9. The summed E-state index contributed by atoms with van der Waals surface area (Å²) in [7, 11) is 1.65. The molecule has 0 bridgehead atoms. The highest BCUT2D eigenvalue weighted by atomic mass is 16.6. The van der Waals surface area contributed by atoms with Gasteiger partial charge in [0.1, 0.15) is 0 Å². The fraction of sp³-hybridized carbons (Fsp3) is 0.200. The van der Waals surface area contributed by atoms with Crippen LogP contribution >= 0.6 is 0 Å². The van der Waals surface area contributed by atoms with Gasteiger partial charge in [-0.1, -0.05) is 18.2 Å². The van der Waals surface area contributed by atoms with Gasteiger partial charge in [0.05, 0.1) is 11.5 Å². The summed E-state index contributed by atoms with van der Waals surface area (Å²) in [6.07, 6.45) is 0.754. The van der Waals surface area contributed by atoms with Crippen molar-refractivity contribution in [1.82, 2.24) is 0 Å². The van der Waals surface area contributed by atoms with Crippen molar-refractivity contribution in [3.05, 3.63) is 58.1 Å². The van der Waals surface area contributed by atoms with E-state index in [1.165, 1.54) is 12.1 Å². The van der Waals surface area contributed by atoms with Crippen molar-refractivity contribution in [3.8, 4) is 0 Å². The van der Waals surface area contributed by atoms with Gasteiger partial charge in [0.25, 0.3) is 5.69 Å². The molecule has 0 aliphatic carbocycles. The lowest BCUT2D eigenvalue weighted by atomic mass is 10.1. The number of anilines is 3. The number of nitro groups is 1. The molecule has 0 amide bonds. The first-order valence-corrected chi connectivity index (χ1v) is 6.49. The van der Waals surface area contributed by atoms with Crippen molar-refractivity contribution < 1.29 is 9.66 Å². The molecule has 0 unspecified atom stereocenters. The van der Waals surface area contributed by atoms with E-state index < -0.39 is 4.92 Å². The maximum Gasteiger partial charge on any atom is 0.273 e. The zero-order valence-electron chi connectivity index (χ0n) is 11.7. The van der Waals surface area contributed by atoms with Crippen molar-refractivity contribution >= 4 is 22.7 Å². The van der Waals surface area contributed by atoms with E-state index >= 15 is 0 Å². The van der Waals surface area contributed by atoms with Gasteiger partial charge in [-0.25, -0.2) is 0 Å². The smallest absolute Gasteiger partial charge is 0.273 e. The first-order valence-electron chi connectivity index (χ1n) is 6.49. The summed E-state index contributed by atoms with van der Waals surface area (Å²) >= 11 is 0. The second-order valence-electron chi connectivity index (χ2n) is 4.60. The van der Waals surface area contributed by atoms with Gasteiger partial charge >= 0.3 is 0 Å². The SMILES string of the molecule is COCCc1ccccc1Nc1cc(N)cc([N+](=O)[O-])c1. The Morgan fingerprint density at radius 2 is 2.05 bits per heavy atom. The Morgan fingerprint density at radius 1 is 1.29 bits per heavy atom. The highest BCUT2D eigenvalue weighted by Gasteiger charge is 2.09. The molecule has 0 aliphatic heterocycles. The molecule has 2 rings (SSSR count). The van der Waals surface area contributed by atoms with Gasteiger partial charge in [0, 0.05) is 36.3 Å². The minimum Gasteiger partial charge on any atom is -0.398 e. The zero-order valence-corrected chi connectivity index (χ0v) is 11.7. The van der Waals surface area contributed by atoms with E-state index in [4.69, 9.17) is 10.5 Å². The van der Waals surface area contributed by atoms with Crippen LogP contribution in [-0.4, -0.2) is 18.6 Å². The molecule has 2 aromatic carbocycles. The molecule has 0 radical (unpaired) electrons. The fourth-order valence-electron chi connectivity index (χ4n) is 2.04. The summed E-state index contributed by atoms with van der Waals surface area (Å²) in [5.74, 6) is 0. The summed E-state index contributed by atoms with van der Waals surface area (Å²) in [4.78, 5) is 10.4. The number of hydrogen-bond acceptors (Lipinski definition) is 5. The molecule has 21 heavy (non-hydrogen) atoms. The van der Waals surface area contributed by atoms with Gasteiger partial charge in [0.2, 0.25) is 0 Å². The van der Waals surface area contributed by atoms with Crippen LogP contribution in [-0.2, 0) is 11.2 Å². The first kappa shape index (κ1) is 14.8. The molecule has 0 heterocycles. The number of nitro benzene ring substituents is 1. The van der Waals surface area contributed by atoms with Crippen molar-refractivity contribution in [2.24, 2.45) is 0 Å². The first-order chi connectivity index (χ1) is 10.1. The predicted octanol–water partition coefficient (Wildman–Crippen LogP) is 3.11. The van der Waals surface area contributed by atoms with Crippen LogP contribution in [0.5, 0.6) is 0 Å². The molecular formula is C15H17N3O3. The van der Waals surface area contributed by atoms with Crippen LogP contribution in [0.3, 0.4) is 0 Å². The normalized spacial score (nSPS) is 10.3. The molecule has 6 nitrogen and oxygen atoms in total. The van der Waals surface area contributed by atoms with Crippen LogP contribution in [0.2, 0.25) is 0 Å². The van der Waals surface area contributed by atoms with Crippen LogP contribution in [0.25, 0.3) is 0 Å². The topological polar surface area (TPSA) is 90.4 Å². The second kappa shape index (κ2) is 6.71. The van der Waals surface area contributed by atoms with Crippen LogP contribution < -0.4 is 11.1 Å². The van der Waals surface area contributed by atoms with E-state index in [1.54, 1.807) is 13.2 Å². The third kappa shape index (κ3) is 3.93. The van der Waals surface area contributed by atoms with E-state index in [9.17, 15) is 10.1 Å². The number of nitrogens with two attached hydrogens (primary N) is 1. The van der Waals surface area contributed by atoms with E-state index in [2.05, 4.69) is 5.32 Å². The van der Waals surface area contributed by atoms with Crippen molar-refractivity contribution in [3.63, 3.8) is 0 Å². The Balaban J connectivity index is 2.27. The Morgan fingerprint density at radius 3 is 2.76 bits per heavy atom. The molecule has 0 atom stereocenters. The standard InChI is InChI=1S/C15H17N3O3/c1-21-7-6-11-4-2-3-5-15(11)17-13-8-12(16)9-14(10-13)18(19)20/h2-5,8-10,17H,6-7,16H2,1H3. The lowest BCUT2D eigenvalue weighted by Crippen LogP contribution is -2.01. The zero-order chi connectivity index (χ0) is 15.2. The lowest BCUT2D eigenvalue weighted by Gasteiger charge is -2.12. The largest absolute Gasteiger partial charge is 0.398 e. The summed E-state index contributed by atoms with van der Waals surface area (Å²) in [6.45, 7) is 0.607. The highest BCUT2D eigenvalue weighted by molar-refractivity contribution is 5.69. The highest BCUT2D eigenvalue weighted by Crippen LogP contribution is 2.27. The summed E-state index contributed by atoms with van der Waals surface area (Å²) in [6, 6.07) is 12.2. The molecule has 0 saturated carbocycles. The average Bonchev–Trinajstić information content (AvgIpc) is 2.45. The minimum atomic E-state index is -0.460. The van der Waals surface area contributed by atoms with Crippen LogP contribution in [0.15, 0.2) is 42.5 Å². The Bertz CT molecular complexity index is 644. The number of nitrogens with one attached hydrogen (secondary N) is 1. The molecule has 6 heteroatoms. The monoisotopic (exact) mass is 287 g/mol. The third-order valence-electron chi connectivity index (χ3n) is 3.02. The van der Waals surface area contributed by atoms with Gasteiger partial charge < -0.3 is 15.8 Å². The number of benzene rings is 2. The van der Waals surface area contributed by atoms with E-state index in [0.717, 1.165) is 17.7 Å². The molecular weight excluding hydrogens is 270 g/mol. The van der Waals surface area contributed by atoms with Crippen LogP contribution in [0.1, 0.15) is 5.56 Å². The number of para-hydroxylation sites is 1. The molecule has 2 aromatic rings. The molecule has 110 valence electrons. The quantitative estimate of drug-likeness (QED) is 0.484.